The van der Waals surface area contributed by atoms with Gasteiger partial charge in [-0.1, -0.05) is 30.3 Å². The summed E-state index contributed by atoms with van der Waals surface area (Å²) in [6.07, 6.45) is 6.19. The highest BCUT2D eigenvalue weighted by molar-refractivity contribution is 6.00. The number of aryl methyl sites for hydroxylation is 1. The van der Waals surface area contributed by atoms with E-state index < -0.39 is 12.1 Å². The second-order valence-corrected chi connectivity index (χ2v) is 7.97. The molecule has 0 unspecified atom stereocenters. The van der Waals surface area contributed by atoms with Crippen LogP contribution in [0.4, 0.5) is 0 Å². The number of carbonyl (C=O) groups is 3. The van der Waals surface area contributed by atoms with Crippen LogP contribution in [0.5, 0.6) is 0 Å². The number of ketones is 1. The van der Waals surface area contributed by atoms with Gasteiger partial charge in [-0.15, -0.1) is 0 Å². The molecule has 2 aromatic rings. The Hall–Kier alpha value is -3.03. The van der Waals surface area contributed by atoms with Crippen molar-refractivity contribution in [2.24, 2.45) is 0 Å². The molecule has 0 radical (unpaired) electrons. The Morgan fingerprint density at radius 3 is 2.47 bits per heavy atom. The molecule has 2 atom stereocenters. The van der Waals surface area contributed by atoms with E-state index in [1.165, 1.54) is 11.9 Å². The summed E-state index contributed by atoms with van der Waals surface area (Å²) < 4.78 is 0. The highest BCUT2D eigenvalue weighted by Crippen LogP contribution is 2.27. The molecule has 158 valence electrons. The van der Waals surface area contributed by atoms with Crippen molar-refractivity contribution in [3.8, 4) is 0 Å². The summed E-state index contributed by atoms with van der Waals surface area (Å²) in [4.78, 5) is 46.1. The van der Waals surface area contributed by atoms with E-state index in [9.17, 15) is 14.4 Å². The van der Waals surface area contributed by atoms with Crippen molar-refractivity contribution >= 4 is 17.6 Å². The zero-order valence-corrected chi connectivity index (χ0v) is 17.0. The lowest BCUT2D eigenvalue weighted by atomic mass is 10.1. The Balaban J connectivity index is 1.36. The Morgan fingerprint density at radius 2 is 1.73 bits per heavy atom. The number of nitrogens with zero attached hydrogens (tertiary/aromatic N) is 4. The number of carbonyl (C=O) groups excluding carboxylic acids is 3. The van der Waals surface area contributed by atoms with Crippen LogP contribution in [0, 0.1) is 0 Å². The number of H-pyrrole nitrogens is 1. The topological polar surface area (TPSA) is 99.3 Å². The molecule has 0 aliphatic carbocycles. The van der Waals surface area contributed by atoms with Gasteiger partial charge in [-0.25, -0.2) is 4.98 Å². The SMILES string of the molecule is O=C(c1ncn[nH]1)[C@@H]1CCCN1C(=O)[C@@H]1CCCN1C(=O)CCCc1ccccc1. The van der Waals surface area contributed by atoms with Gasteiger partial charge in [0.05, 0.1) is 6.04 Å². The summed E-state index contributed by atoms with van der Waals surface area (Å²) >= 11 is 0. The van der Waals surface area contributed by atoms with Crippen molar-refractivity contribution in [1.29, 1.82) is 0 Å². The summed E-state index contributed by atoms with van der Waals surface area (Å²) in [6.45, 7) is 1.14. The molecular weight excluding hydrogens is 382 g/mol. The Bertz CT molecular complexity index is 883. The van der Waals surface area contributed by atoms with Gasteiger partial charge >= 0.3 is 0 Å². The van der Waals surface area contributed by atoms with Crippen LogP contribution in [0.3, 0.4) is 0 Å². The van der Waals surface area contributed by atoms with Crippen LogP contribution in [-0.2, 0) is 16.0 Å². The number of hydrogen-bond donors (Lipinski definition) is 1. The van der Waals surface area contributed by atoms with E-state index in [1.807, 2.05) is 18.2 Å². The Morgan fingerprint density at radius 1 is 1.00 bits per heavy atom. The smallest absolute Gasteiger partial charge is 0.246 e. The number of hydrogen-bond acceptors (Lipinski definition) is 5. The second-order valence-electron chi connectivity index (χ2n) is 7.97. The van der Waals surface area contributed by atoms with Crippen molar-refractivity contribution < 1.29 is 14.4 Å². The lowest BCUT2D eigenvalue weighted by molar-refractivity contribution is -0.144. The second kappa shape index (κ2) is 9.19. The average molecular weight is 409 g/mol. The highest BCUT2D eigenvalue weighted by Gasteiger charge is 2.42. The molecular formula is C22H27N5O3. The maximum absolute atomic E-state index is 13.3. The number of amides is 2. The number of aromatic amines is 1. The first-order chi connectivity index (χ1) is 14.6. The number of likely N-dealkylation sites (tertiary alicyclic amines) is 2. The number of rotatable bonds is 7. The Kier molecular flexibility index (Phi) is 6.21. The van der Waals surface area contributed by atoms with Gasteiger partial charge in [0, 0.05) is 19.5 Å². The molecule has 4 rings (SSSR count). The minimum Gasteiger partial charge on any atom is -0.331 e. The molecule has 0 spiro atoms. The van der Waals surface area contributed by atoms with Crippen molar-refractivity contribution in [2.75, 3.05) is 13.1 Å². The molecule has 1 aromatic heterocycles. The van der Waals surface area contributed by atoms with E-state index in [-0.39, 0.29) is 23.4 Å². The van der Waals surface area contributed by atoms with Gasteiger partial charge in [0.25, 0.3) is 0 Å². The number of aromatic nitrogens is 3. The third kappa shape index (κ3) is 4.27. The molecule has 8 nitrogen and oxygen atoms in total. The molecule has 8 heteroatoms. The quantitative estimate of drug-likeness (QED) is 0.705. The van der Waals surface area contributed by atoms with E-state index in [4.69, 9.17) is 0 Å². The van der Waals surface area contributed by atoms with Gasteiger partial charge in [-0.3, -0.25) is 19.5 Å². The van der Waals surface area contributed by atoms with Gasteiger partial charge in [0.1, 0.15) is 12.4 Å². The Labute approximate surface area is 175 Å². The van der Waals surface area contributed by atoms with E-state index in [0.717, 1.165) is 25.7 Å². The first-order valence-electron chi connectivity index (χ1n) is 10.7. The first-order valence-corrected chi connectivity index (χ1v) is 10.7. The zero-order valence-electron chi connectivity index (χ0n) is 17.0. The van der Waals surface area contributed by atoms with Crippen LogP contribution in [0.25, 0.3) is 0 Å². The van der Waals surface area contributed by atoms with Crippen LogP contribution in [0.15, 0.2) is 36.7 Å². The van der Waals surface area contributed by atoms with Crippen molar-refractivity contribution in [3.63, 3.8) is 0 Å². The summed E-state index contributed by atoms with van der Waals surface area (Å²) in [6, 6.07) is 9.11. The zero-order chi connectivity index (χ0) is 20.9. The van der Waals surface area contributed by atoms with Crippen LogP contribution in [0.1, 0.15) is 54.7 Å². The summed E-state index contributed by atoms with van der Waals surface area (Å²) in [5, 5.41) is 6.33. The van der Waals surface area contributed by atoms with Gasteiger partial charge in [-0.2, -0.15) is 5.10 Å². The standard InChI is InChI=1S/C22H27N5O3/c28-19(12-4-9-16-7-2-1-3-8-16)26-13-6-11-18(26)22(30)27-14-5-10-17(27)20(29)21-23-15-24-25-21/h1-3,7-8,15,17-18H,4-6,9-14H2,(H,23,24,25)/t17-,18-/m0/s1. The van der Waals surface area contributed by atoms with Gasteiger partial charge in [0.2, 0.25) is 17.6 Å². The van der Waals surface area contributed by atoms with E-state index in [2.05, 4.69) is 27.3 Å². The normalized spacial score (nSPS) is 21.2. The molecule has 2 fully saturated rings. The fourth-order valence-corrected chi connectivity index (χ4v) is 4.53. The molecule has 0 bridgehead atoms. The van der Waals surface area contributed by atoms with Crippen LogP contribution >= 0.6 is 0 Å². The van der Waals surface area contributed by atoms with E-state index >= 15 is 0 Å². The van der Waals surface area contributed by atoms with Crippen LogP contribution < -0.4 is 0 Å². The number of benzene rings is 1. The lowest BCUT2D eigenvalue weighted by Crippen LogP contribution is -2.51. The lowest BCUT2D eigenvalue weighted by Gasteiger charge is -2.30. The molecule has 0 saturated carbocycles. The monoisotopic (exact) mass is 409 g/mol. The van der Waals surface area contributed by atoms with Crippen molar-refractivity contribution in [1.82, 2.24) is 25.0 Å². The predicted octanol–water partition coefficient (Wildman–Crippen LogP) is 1.99. The minimum atomic E-state index is -0.527. The molecule has 1 aromatic carbocycles. The van der Waals surface area contributed by atoms with Gasteiger partial charge in [-0.05, 0) is 44.1 Å². The van der Waals surface area contributed by atoms with E-state index in [0.29, 0.717) is 32.4 Å². The molecule has 30 heavy (non-hydrogen) atoms. The fourth-order valence-electron chi connectivity index (χ4n) is 4.53. The molecule has 3 heterocycles. The van der Waals surface area contributed by atoms with Crippen molar-refractivity contribution in [2.45, 2.75) is 57.0 Å². The maximum Gasteiger partial charge on any atom is 0.246 e. The summed E-state index contributed by atoms with van der Waals surface area (Å²) in [5.41, 5.74) is 1.21. The molecule has 2 amide bonds. The summed E-state index contributed by atoms with van der Waals surface area (Å²) in [7, 11) is 0. The first kappa shape index (κ1) is 20.3. The molecule has 2 aliphatic rings. The van der Waals surface area contributed by atoms with Crippen LogP contribution in [0.2, 0.25) is 0 Å². The van der Waals surface area contributed by atoms with Crippen LogP contribution in [-0.4, -0.2) is 67.8 Å². The number of nitrogens with one attached hydrogen (secondary N) is 1. The fraction of sp³-hybridized carbons (Fsp3) is 0.500. The average Bonchev–Trinajstić information content (AvgIpc) is 3.55. The predicted molar refractivity (Wildman–Crippen MR) is 110 cm³/mol. The minimum absolute atomic E-state index is 0.0269. The van der Waals surface area contributed by atoms with Gasteiger partial charge < -0.3 is 9.80 Å². The van der Waals surface area contributed by atoms with Crippen molar-refractivity contribution in [3.05, 3.63) is 48.0 Å². The van der Waals surface area contributed by atoms with E-state index in [1.54, 1.807) is 9.80 Å². The molecule has 1 N–H and O–H groups in total. The third-order valence-corrected chi connectivity index (χ3v) is 6.04. The third-order valence-electron chi connectivity index (χ3n) is 6.04. The molecule has 2 aliphatic heterocycles. The highest BCUT2D eigenvalue weighted by atomic mass is 16.2. The maximum atomic E-state index is 13.3. The number of Topliss-reactive ketones (excluding diaryl/α,β-unsaturated/α-hetero) is 1. The molecule has 2 saturated heterocycles. The summed E-state index contributed by atoms with van der Waals surface area (Å²) in [5.74, 6) is -0.115. The van der Waals surface area contributed by atoms with Gasteiger partial charge in [0.15, 0.2) is 5.82 Å². The largest absolute Gasteiger partial charge is 0.331 e.